The van der Waals surface area contributed by atoms with E-state index >= 15 is 0 Å². The van der Waals surface area contributed by atoms with E-state index in [4.69, 9.17) is 0 Å². The number of nitrogens with zero attached hydrogens (tertiary/aromatic N) is 1. The summed E-state index contributed by atoms with van der Waals surface area (Å²) in [6.07, 6.45) is 8.48. The van der Waals surface area contributed by atoms with Gasteiger partial charge in [-0.1, -0.05) is 53.4 Å². The Morgan fingerprint density at radius 1 is 0.824 bits per heavy atom. The Balaban J connectivity index is 3.63. The Labute approximate surface area is 110 Å². The second-order valence-corrected chi connectivity index (χ2v) is 6.83. The van der Waals surface area contributed by atoms with E-state index in [0.29, 0.717) is 0 Å². The van der Waals surface area contributed by atoms with Gasteiger partial charge in [-0.3, -0.25) is 0 Å². The molecule has 0 bridgehead atoms. The van der Waals surface area contributed by atoms with Crippen molar-refractivity contribution in [2.24, 2.45) is 11.8 Å². The van der Waals surface area contributed by atoms with Gasteiger partial charge in [0.05, 0.1) is 27.2 Å². The van der Waals surface area contributed by atoms with Crippen molar-refractivity contribution in [3.8, 4) is 0 Å². The molecule has 1 atom stereocenters. The van der Waals surface area contributed by atoms with Crippen LogP contribution in [-0.2, 0) is 0 Å². The normalized spacial score (nSPS) is 14.3. The topological polar surface area (TPSA) is 0 Å². The summed E-state index contributed by atoms with van der Waals surface area (Å²) in [6.45, 7) is 12.0. The number of unbranched alkanes of at least 4 members (excludes halogenated alkanes) is 5. The number of hydrogen-bond donors (Lipinski definition) is 0. The zero-order chi connectivity index (χ0) is 13.3. The minimum absolute atomic E-state index is 0.817. The van der Waals surface area contributed by atoms with E-state index in [2.05, 4.69) is 41.8 Å². The standard InChI is InChI=1S/C16H36N/c1-7-8-9-10-11-12-13-17(5,6)14-16(4)15(2)3/h15-16H,7-14H2,1-6H3/q+1. The predicted molar refractivity (Wildman–Crippen MR) is 79.2 cm³/mol. The molecule has 0 aliphatic heterocycles. The molecular weight excluding hydrogens is 206 g/mol. The van der Waals surface area contributed by atoms with Crippen LogP contribution in [0, 0.1) is 11.8 Å². The van der Waals surface area contributed by atoms with E-state index in [-0.39, 0.29) is 0 Å². The molecule has 0 saturated carbocycles. The van der Waals surface area contributed by atoms with Gasteiger partial charge in [0.15, 0.2) is 0 Å². The molecule has 0 fully saturated rings. The molecule has 0 aromatic carbocycles. The minimum atomic E-state index is 0.817. The van der Waals surface area contributed by atoms with E-state index in [9.17, 15) is 0 Å². The van der Waals surface area contributed by atoms with Crippen LogP contribution in [0.3, 0.4) is 0 Å². The molecule has 0 aliphatic rings. The van der Waals surface area contributed by atoms with Crippen LogP contribution in [0.2, 0.25) is 0 Å². The lowest BCUT2D eigenvalue weighted by molar-refractivity contribution is -0.894. The highest BCUT2D eigenvalue weighted by Gasteiger charge is 2.20. The van der Waals surface area contributed by atoms with Crippen LogP contribution in [0.5, 0.6) is 0 Å². The van der Waals surface area contributed by atoms with E-state index < -0.39 is 0 Å². The molecule has 1 nitrogen and oxygen atoms in total. The molecule has 0 heterocycles. The molecule has 0 radical (unpaired) electrons. The second-order valence-electron chi connectivity index (χ2n) is 6.83. The average molecular weight is 242 g/mol. The van der Waals surface area contributed by atoms with Crippen LogP contribution in [-0.4, -0.2) is 31.7 Å². The Hall–Kier alpha value is -0.0400. The van der Waals surface area contributed by atoms with Gasteiger partial charge in [-0.2, -0.15) is 0 Å². The van der Waals surface area contributed by atoms with E-state index in [1.807, 2.05) is 0 Å². The summed E-state index contributed by atoms with van der Waals surface area (Å²) in [5, 5.41) is 0. The smallest absolute Gasteiger partial charge is 0.0810 e. The third kappa shape index (κ3) is 9.64. The monoisotopic (exact) mass is 242 g/mol. The van der Waals surface area contributed by atoms with Crippen LogP contribution in [0.4, 0.5) is 0 Å². The summed E-state index contributed by atoms with van der Waals surface area (Å²) in [5.41, 5.74) is 0. The largest absolute Gasteiger partial charge is 0.328 e. The quantitative estimate of drug-likeness (QED) is 0.384. The lowest BCUT2D eigenvalue weighted by atomic mass is 9.97. The maximum absolute atomic E-state index is 2.39. The predicted octanol–water partition coefficient (Wildman–Crippen LogP) is 4.72. The molecular formula is C16H36N+. The fourth-order valence-corrected chi connectivity index (χ4v) is 2.40. The number of rotatable bonds is 10. The third-order valence-corrected chi connectivity index (χ3v) is 4.04. The van der Waals surface area contributed by atoms with Gasteiger partial charge in [-0.05, 0) is 18.8 Å². The van der Waals surface area contributed by atoms with Gasteiger partial charge in [-0.15, -0.1) is 0 Å². The van der Waals surface area contributed by atoms with Crippen LogP contribution in [0.25, 0.3) is 0 Å². The molecule has 0 saturated heterocycles. The molecule has 17 heavy (non-hydrogen) atoms. The molecule has 1 unspecified atom stereocenters. The number of hydrogen-bond acceptors (Lipinski definition) is 0. The summed E-state index contributed by atoms with van der Waals surface area (Å²) in [6, 6.07) is 0. The van der Waals surface area contributed by atoms with Crippen molar-refractivity contribution in [2.75, 3.05) is 27.2 Å². The fourth-order valence-electron chi connectivity index (χ4n) is 2.40. The van der Waals surface area contributed by atoms with E-state index in [1.54, 1.807) is 0 Å². The summed E-state index contributed by atoms with van der Waals surface area (Å²) >= 11 is 0. The first-order valence-electron chi connectivity index (χ1n) is 7.71. The molecule has 1 heteroatoms. The first-order valence-corrected chi connectivity index (χ1v) is 7.71. The lowest BCUT2D eigenvalue weighted by Crippen LogP contribution is -2.44. The highest BCUT2D eigenvalue weighted by molar-refractivity contribution is 4.56. The summed E-state index contributed by atoms with van der Waals surface area (Å²) in [4.78, 5) is 0. The van der Waals surface area contributed by atoms with Crippen molar-refractivity contribution in [1.82, 2.24) is 0 Å². The Bertz CT molecular complexity index is 172. The highest BCUT2D eigenvalue weighted by atomic mass is 15.3. The van der Waals surface area contributed by atoms with Crippen molar-refractivity contribution in [2.45, 2.75) is 66.2 Å². The van der Waals surface area contributed by atoms with Crippen LogP contribution in [0.1, 0.15) is 66.2 Å². The highest BCUT2D eigenvalue weighted by Crippen LogP contribution is 2.15. The maximum Gasteiger partial charge on any atom is 0.0810 e. The van der Waals surface area contributed by atoms with Gasteiger partial charge in [0, 0.05) is 5.92 Å². The van der Waals surface area contributed by atoms with Crippen molar-refractivity contribution in [1.29, 1.82) is 0 Å². The molecule has 104 valence electrons. The second kappa shape index (κ2) is 8.97. The average Bonchev–Trinajstić information content (AvgIpc) is 2.22. The molecule has 0 amide bonds. The Morgan fingerprint density at radius 2 is 1.35 bits per heavy atom. The number of quaternary nitrogens is 1. The summed E-state index contributed by atoms with van der Waals surface area (Å²) in [5.74, 6) is 1.65. The summed E-state index contributed by atoms with van der Waals surface area (Å²) < 4.78 is 1.20. The minimum Gasteiger partial charge on any atom is -0.328 e. The molecule has 0 spiro atoms. The lowest BCUT2D eigenvalue weighted by Gasteiger charge is -2.33. The van der Waals surface area contributed by atoms with Crippen LogP contribution < -0.4 is 0 Å². The van der Waals surface area contributed by atoms with Crippen LogP contribution in [0.15, 0.2) is 0 Å². The van der Waals surface area contributed by atoms with Gasteiger partial charge in [-0.25, -0.2) is 0 Å². The van der Waals surface area contributed by atoms with Gasteiger partial charge in [0.1, 0.15) is 0 Å². The van der Waals surface area contributed by atoms with Gasteiger partial charge in [0.25, 0.3) is 0 Å². The third-order valence-electron chi connectivity index (χ3n) is 4.04. The maximum atomic E-state index is 2.39. The zero-order valence-corrected chi connectivity index (χ0v) is 13.3. The molecule has 0 rings (SSSR count). The zero-order valence-electron chi connectivity index (χ0n) is 13.3. The van der Waals surface area contributed by atoms with Crippen molar-refractivity contribution in [3.63, 3.8) is 0 Å². The van der Waals surface area contributed by atoms with Crippen molar-refractivity contribution >= 4 is 0 Å². The van der Waals surface area contributed by atoms with Gasteiger partial charge in [0.2, 0.25) is 0 Å². The Morgan fingerprint density at radius 3 is 1.88 bits per heavy atom. The molecule has 0 aromatic rings. The SMILES string of the molecule is CCCCCCCC[N+](C)(C)CC(C)C(C)C. The Kier molecular flexibility index (Phi) is 8.94. The van der Waals surface area contributed by atoms with Gasteiger partial charge < -0.3 is 4.48 Å². The van der Waals surface area contributed by atoms with Crippen LogP contribution >= 0.6 is 0 Å². The van der Waals surface area contributed by atoms with Gasteiger partial charge >= 0.3 is 0 Å². The molecule has 0 aromatic heterocycles. The summed E-state index contributed by atoms with van der Waals surface area (Å²) in [7, 11) is 4.79. The van der Waals surface area contributed by atoms with E-state index in [0.717, 1.165) is 11.8 Å². The van der Waals surface area contributed by atoms with E-state index in [1.165, 1.54) is 56.1 Å². The molecule has 0 aliphatic carbocycles. The fraction of sp³-hybridized carbons (Fsp3) is 1.00. The molecule has 0 N–H and O–H groups in total. The first-order chi connectivity index (χ1) is 7.89. The van der Waals surface area contributed by atoms with Crippen molar-refractivity contribution in [3.05, 3.63) is 0 Å². The van der Waals surface area contributed by atoms with Crippen molar-refractivity contribution < 1.29 is 4.48 Å². The first kappa shape index (κ1) is 17.0.